The van der Waals surface area contributed by atoms with Gasteiger partial charge >= 0.3 is 0 Å². The van der Waals surface area contributed by atoms with Gasteiger partial charge in [-0.1, -0.05) is 54.6 Å². The van der Waals surface area contributed by atoms with Crippen molar-refractivity contribution >= 4 is 21.8 Å². The topological polar surface area (TPSA) is 9.86 Å². The highest BCUT2D eigenvalue weighted by Crippen LogP contribution is 2.36. The lowest BCUT2D eigenvalue weighted by molar-refractivity contribution is 0.947. The van der Waals surface area contributed by atoms with Gasteiger partial charge < -0.3 is 4.57 Å². The van der Waals surface area contributed by atoms with Crippen LogP contribution in [0.3, 0.4) is 0 Å². The van der Waals surface area contributed by atoms with Crippen molar-refractivity contribution in [1.29, 1.82) is 0 Å². The monoisotopic (exact) mass is 364 g/mol. The molecule has 0 atom stereocenters. The second kappa shape index (κ2) is 6.13. The van der Waals surface area contributed by atoms with Crippen molar-refractivity contribution in [3.63, 3.8) is 0 Å². The molecular weight excluding hydrogens is 340 g/mol. The van der Waals surface area contributed by atoms with Crippen LogP contribution in [0.4, 0.5) is 0 Å². The summed E-state index contributed by atoms with van der Waals surface area (Å²) in [6.07, 6.45) is 2.21. The maximum absolute atomic E-state index is 2.45. The molecule has 0 N–H and O–H groups in total. The summed E-state index contributed by atoms with van der Waals surface area (Å²) in [4.78, 5) is 0. The number of hydrogen-bond acceptors (Lipinski definition) is 0. The molecule has 0 bridgehead atoms. The molecule has 0 saturated heterocycles. The Labute approximate surface area is 165 Å². The number of benzene rings is 3. The van der Waals surface area contributed by atoms with Gasteiger partial charge in [0, 0.05) is 17.0 Å². The van der Waals surface area contributed by atoms with Gasteiger partial charge in [0.1, 0.15) is 5.82 Å². The number of hydrogen-bond donors (Lipinski definition) is 0. The summed E-state index contributed by atoms with van der Waals surface area (Å²) in [6.45, 7) is 8.80. The van der Waals surface area contributed by atoms with Crippen LogP contribution in [0.15, 0.2) is 72.9 Å². The lowest BCUT2D eigenvalue weighted by atomic mass is 10.1. The maximum Gasteiger partial charge on any atom is 0.125 e. The van der Waals surface area contributed by atoms with Crippen molar-refractivity contribution in [3.05, 3.63) is 95.2 Å². The molecule has 0 aliphatic heterocycles. The minimum Gasteiger partial charge on any atom is -0.302 e. The van der Waals surface area contributed by atoms with E-state index in [0.29, 0.717) is 0 Å². The first-order valence-corrected chi connectivity index (χ1v) is 9.81. The van der Waals surface area contributed by atoms with Gasteiger partial charge in [0.05, 0.1) is 16.7 Å². The molecule has 0 amide bonds. The van der Waals surface area contributed by atoms with Gasteiger partial charge in [-0.15, -0.1) is 0 Å². The molecule has 0 aliphatic carbocycles. The van der Waals surface area contributed by atoms with E-state index in [2.05, 4.69) is 110 Å². The van der Waals surface area contributed by atoms with E-state index in [1.807, 2.05) is 0 Å². The molecule has 0 saturated carbocycles. The van der Waals surface area contributed by atoms with E-state index in [1.54, 1.807) is 0 Å². The minimum absolute atomic E-state index is 1.22. The molecule has 5 rings (SSSR count). The van der Waals surface area contributed by atoms with Crippen LogP contribution >= 0.6 is 0 Å². The zero-order valence-corrected chi connectivity index (χ0v) is 16.8. The zero-order valence-electron chi connectivity index (χ0n) is 16.8. The summed E-state index contributed by atoms with van der Waals surface area (Å²) in [7, 11) is 0. The molecule has 2 nitrogen and oxygen atoms in total. The molecule has 0 unspecified atom stereocenters. The second-order valence-electron chi connectivity index (χ2n) is 7.76. The largest absolute Gasteiger partial charge is 0.302 e. The van der Waals surface area contributed by atoms with Crippen molar-refractivity contribution in [1.82, 2.24) is 9.13 Å². The first kappa shape index (κ1) is 16.9. The van der Waals surface area contributed by atoms with E-state index in [-0.39, 0.29) is 0 Å². The Morgan fingerprint density at radius 1 is 0.571 bits per heavy atom. The summed E-state index contributed by atoms with van der Waals surface area (Å²) >= 11 is 0. The fourth-order valence-corrected chi connectivity index (χ4v) is 4.58. The normalized spacial score (nSPS) is 11.6. The molecule has 138 valence electrons. The Morgan fingerprint density at radius 3 is 2.00 bits per heavy atom. The van der Waals surface area contributed by atoms with E-state index in [9.17, 15) is 0 Å². The lowest BCUT2D eigenvalue weighted by Crippen LogP contribution is -2.07. The summed E-state index contributed by atoms with van der Waals surface area (Å²) in [5, 5.41) is 2.61. The molecule has 2 heterocycles. The van der Waals surface area contributed by atoms with E-state index < -0.39 is 0 Å². The van der Waals surface area contributed by atoms with Crippen LogP contribution in [0, 0.1) is 27.7 Å². The second-order valence-corrected chi connectivity index (χ2v) is 7.76. The van der Waals surface area contributed by atoms with Crippen LogP contribution in [0.5, 0.6) is 0 Å². The van der Waals surface area contributed by atoms with Crippen LogP contribution < -0.4 is 0 Å². The van der Waals surface area contributed by atoms with E-state index in [4.69, 9.17) is 0 Å². The van der Waals surface area contributed by atoms with Crippen molar-refractivity contribution < 1.29 is 0 Å². The maximum atomic E-state index is 2.45. The minimum atomic E-state index is 1.22. The van der Waals surface area contributed by atoms with Gasteiger partial charge in [0.25, 0.3) is 0 Å². The van der Waals surface area contributed by atoms with E-state index in [1.165, 1.54) is 55.6 Å². The Kier molecular flexibility index (Phi) is 3.70. The van der Waals surface area contributed by atoms with Gasteiger partial charge in [-0.3, -0.25) is 4.57 Å². The fraction of sp³-hybridized carbons (Fsp3) is 0.154. The summed E-state index contributed by atoms with van der Waals surface area (Å²) in [5.74, 6) is 1.22. The van der Waals surface area contributed by atoms with Crippen LogP contribution in [-0.2, 0) is 0 Å². The van der Waals surface area contributed by atoms with Gasteiger partial charge in [-0.05, 0) is 62.1 Å². The molecule has 2 aromatic heterocycles. The predicted molar refractivity (Wildman–Crippen MR) is 119 cm³/mol. The Hall–Kier alpha value is -3.26. The predicted octanol–water partition coefficient (Wildman–Crippen LogP) is 6.81. The van der Waals surface area contributed by atoms with Gasteiger partial charge in [-0.25, -0.2) is 0 Å². The quantitative estimate of drug-likeness (QED) is 0.326. The van der Waals surface area contributed by atoms with Gasteiger partial charge in [0.15, 0.2) is 0 Å². The average molecular weight is 364 g/mol. The highest BCUT2D eigenvalue weighted by atomic mass is 15.2. The molecule has 0 spiro atoms. The number of para-hydroxylation sites is 3. The average Bonchev–Trinajstić information content (AvgIpc) is 3.21. The number of rotatable bonds is 2. The zero-order chi connectivity index (χ0) is 19.4. The number of aryl methyl sites for hydroxylation is 4. The SMILES string of the molecule is Cc1cccc(C)c1-n1ccc(C)c1-n1c2ccccc2c2cccc(C)c21. The molecule has 0 fully saturated rings. The van der Waals surface area contributed by atoms with Crippen LogP contribution in [0.2, 0.25) is 0 Å². The highest BCUT2D eigenvalue weighted by Gasteiger charge is 2.19. The smallest absolute Gasteiger partial charge is 0.125 e. The number of fused-ring (bicyclic) bond motifs is 3. The molecular formula is C26H24N2. The number of nitrogens with zero attached hydrogens (tertiary/aromatic N) is 2. The first-order chi connectivity index (χ1) is 13.6. The molecule has 0 aliphatic rings. The van der Waals surface area contributed by atoms with Crippen molar-refractivity contribution in [2.45, 2.75) is 27.7 Å². The Bertz CT molecular complexity index is 1330. The first-order valence-electron chi connectivity index (χ1n) is 9.81. The van der Waals surface area contributed by atoms with Crippen LogP contribution in [-0.4, -0.2) is 9.13 Å². The van der Waals surface area contributed by atoms with Crippen LogP contribution in [0.25, 0.3) is 33.3 Å². The molecule has 2 heteroatoms. The third kappa shape index (κ3) is 2.27. The van der Waals surface area contributed by atoms with E-state index in [0.717, 1.165) is 0 Å². The molecule has 3 aromatic carbocycles. The highest BCUT2D eigenvalue weighted by molar-refractivity contribution is 6.10. The fourth-order valence-electron chi connectivity index (χ4n) is 4.58. The van der Waals surface area contributed by atoms with Gasteiger partial charge in [-0.2, -0.15) is 0 Å². The van der Waals surface area contributed by atoms with E-state index >= 15 is 0 Å². The lowest BCUT2D eigenvalue weighted by Gasteiger charge is -2.18. The van der Waals surface area contributed by atoms with Gasteiger partial charge in [0.2, 0.25) is 0 Å². The summed E-state index contributed by atoms with van der Waals surface area (Å²) < 4.78 is 4.81. The number of aromatic nitrogens is 2. The Morgan fingerprint density at radius 2 is 1.21 bits per heavy atom. The molecule has 0 radical (unpaired) electrons. The third-order valence-corrected chi connectivity index (χ3v) is 5.84. The summed E-state index contributed by atoms with van der Waals surface area (Å²) in [6, 6.07) is 24.1. The van der Waals surface area contributed by atoms with Crippen molar-refractivity contribution in [3.8, 4) is 11.5 Å². The van der Waals surface area contributed by atoms with Crippen molar-refractivity contribution in [2.75, 3.05) is 0 Å². The summed E-state index contributed by atoms with van der Waals surface area (Å²) in [5.41, 5.74) is 8.95. The Balaban J connectivity index is 1.97. The third-order valence-electron chi connectivity index (χ3n) is 5.84. The van der Waals surface area contributed by atoms with Crippen molar-refractivity contribution in [2.24, 2.45) is 0 Å². The molecule has 28 heavy (non-hydrogen) atoms. The van der Waals surface area contributed by atoms with Crippen LogP contribution in [0.1, 0.15) is 22.3 Å². The standard InChI is InChI=1S/C26H24N2/c1-17-9-7-10-18(2)24(17)27-16-15-20(4)26(27)28-23-14-6-5-12-21(23)22-13-8-11-19(3)25(22)28/h5-16H,1-4H3. The molecule has 5 aromatic rings.